The SMILES string of the molecule is C=C(/C=C/c1c2ccccc2cc2ccccc12)c1ccc(OCC(C)(CC2C=NC=N2)c2ccc(F)cc2F)cc1. The van der Waals surface area contributed by atoms with Crippen LogP contribution in [0.25, 0.3) is 33.2 Å². The maximum atomic E-state index is 14.9. The lowest BCUT2D eigenvalue weighted by atomic mass is 9.77. The lowest BCUT2D eigenvalue weighted by Gasteiger charge is -2.31. The Morgan fingerprint density at radius 2 is 1.60 bits per heavy atom. The summed E-state index contributed by atoms with van der Waals surface area (Å²) in [5.74, 6) is -0.566. The van der Waals surface area contributed by atoms with Crippen LogP contribution in [-0.2, 0) is 5.41 Å². The normalized spacial score (nSPS) is 15.9. The van der Waals surface area contributed by atoms with Crippen LogP contribution in [0, 0.1) is 11.6 Å². The molecule has 0 aromatic heterocycles. The summed E-state index contributed by atoms with van der Waals surface area (Å²) in [7, 11) is 0. The van der Waals surface area contributed by atoms with Gasteiger partial charge in [-0.05, 0) is 74.5 Å². The molecule has 3 nitrogen and oxygen atoms in total. The van der Waals surface area contributed by atoms with Crippen molar-refractivity contribution in [2.45, 2.75) is 24.8 Å². The summed E-state index contributed by atoms with van der Waals surface area (Å²) in [5.41, 5.74) is 2.62. The summed E-state index contributed by atoms with van der Waals surface area (Å²) >= 11 is 0. The minimum atomic E-state index is -0.762. The van der Waals surface area contributed by atoms with Gasteiger partial charge in [-0.15, -0.1) is 0 Å². The van der Waals surface area contributed by atoms with Gasteiger partial charge in [-0.2, -0.15) is 0 Å². The van der Waals surface area contributed by atoms with Gasteiger partial charge in [0.05, 0.1) is 12.6 Å². The highest BCUT2D eigenvalue weighted by molar-refractivity contribution is 6.07. The van der Waals surface area contributed by atoms with Crippen molar-refractivity contribution in [3.63, 3.8) is 0 Å². The van der Waals surface area contributed by atoms with Crippen LogP contribution in [0.3, 0.4) is 0 Å². The number of fused-ring (bicyclic) bond motifs is 2. The van der Waals surface area contributed by atoms with Crippen molar-refractivity contribution < 1.29 is 13.5 Å². The van der Waals surface area contributed by atoms with Gasteiger partial charge in [0, 0.05) is 17.7 Å². The van der Waals surface area contributed by atoms with Crippen molar-refractivity contribution in [1.82, 2.24) is 0 Å². The number of ether oxygens (including phenoxy) is 1. The van der Waals surface area contributed by atoms with E-state index in [1.54, 1.807) is 6.21 Å². The summed E-state index contributed by atoms with van der Waals surface area (Å²) in [6.07, 6.45) is 7.87. The topological polar surface area (TPSA) is 34.0 Å². The average molecular weight is 557 g/mol. The molecular weight excluding hydrogens is 526 g/mol. The molecular formula is C37H30F2N2O. The summed E-state index contributed by atoms with van der Waals surface area (Å²) in [6, 6.07) is 30.2. The first-order valence-electron chi connectivity index (χ1n) is 13.9. The summed E-state index contributed by atoms with van der Waals surface area (Å²) in [4.78, 5) is 8.40. The number of allylic oxidation sites excluding steroid dienone is 2. The molecule has 5 aromatic carbocycles. The third-order valence-electron chi connectivity index (χ3n) is 7.87. The molecule has 2 atom stereocenters. The van der Waals surface area contributed by atoms with Crippen LogP contribution in [0.1, 0.15) is 30.0 Å². The van der Waals surface area contributed by atoms with Gasteiger partial charge >= 0.3 is 0 Å². The van der Waals surface area contributed by atoms with E-state index >= 15 is 0 Å². The maximum absolute atomic E-state index is 14.9. The number of aliphatic imine (C=N–C) groups is 2. The molecule has 0 aliphatic carbocycles. The first-order valence-corrected chi connectivity index (χ1v) is 13.9. The second kappa shape index (κ2) is 11.5. The van der Waals surface area contributed by atoms with Gasteiger partial charge in [0.1, 0.15) is 23.7 Å². The first kappa shape index (κ1) is 27.3. The van der Waals surface area contributed by atoms with Crippen LogP contribution in [0.15, 0.2) is 120 Å². The van der Waals surface area contributed by atoms with E-state index in [2.05, 4.69) is 77.2 Å². The highest BCUT2D eigenvalue weighted by Gasteiger charge is 2.34. The van der Waals surface area contributed by atoms with Gasteiger partial charge in [0.15, 0.2) is 0 Å². The van der Waals surface area contributed by atoms with E-state index in [0.29, 0.717) is 17.7 Å². The van der Waals surface area contributed by atoms with E-state index in [0.717, 1.165) is 22.8 Å². The molecule has 5 heteroatoms. The molecule has 42 heavy (non-hydrogen) atoms. The van der Waals surface area contributed by atoms with Gasteiger partial charge in [0.2, 0.25) is 0 Å². The fourth-order valence-electron chi connectivity index (χ4n) is 5.61. The molecule has 0 spiro atoms. The number of halogens is 2. The van der Waals surface area contributed by atoms with Crippen molar-refractivity contribution >= 4 is 45.7 Å². The van der Waals surface area contributed by atoms with Gasteiger partial charge in [-0.25, -0.2) is 13.8 Å². The Hall–Kier alpha value is -4.90. The van der Waals surface area contributed by atoms with Crippen molar-refractivity contribution in [2.24, 2.45) is 9.98 Å². The highest BCUT2D eigenvalue weighted by atomic mass is 19.1. The van der Waals surface area contributed by atoms with Crippen LogP contribution < -0.4 is 4.74 Å². The molecule has 6 rings (SSSR count). The van der Waals surface area contributed by atoms with Crippen LogP contribution >= 0.6 is 0 Å². The smallest absolute Gasteiger partial charge is 0.129 e. The molecule has 2 unspecified atom stereocenters. The third-order valence-corrected chi connectivity index (χ3v) is 7.87. The van der Waals surface area contributed by atoms with Gasteiger partial charge in [-0.3, -0.25) is 4.99 Å². The minimum absolute atomic E-state index is 0.184. The molecule has 0 amide bonds. The Bertz CT molecular complexity index is 1810. The molecule has 0 fully saturated rings. The quantitative estimate of drug-likeness (QED) is 0.132. The largest absolute Gasteiger partial charge is 0.493 e. The zero-order valence-corrected chi connectivity index (χ0v) is 23.3. The predicted molar refractivity (Wildman–Crippen MR) is 171 cm³/mol. The molecule has 5 aromatic rings. The van der Waals surface area contributed by atoms with E-state index in [9.17, 15) is 8.78 Å². The number of rotatable bonds is 9. The van der Waals surface area contributed by atoms with Crippen molar-refractivity contribution in [3.05, 3.63) is 138 Å². The monoisotopic (exact) mass is 556 g/mol. The van der Waals surface area contributed by atoms with E-state index in [-0.39, 0.29) is 12.6 Å². The zero-order valence-electron chi connectivity index (χ0n) is 23.3. The fourth-order valence-corrected chi connectivity index (χ4v) is 5.61. The summed E-state index contributed by atoms with van der Waals surface area (Å²) in [6.45, 7) is 6.39. The zero-order chi connectivity index (χ0) is 29.1. The Morgan fingerprint density at radius 1 is 0.905 bits per heavy atom. The molecule has 1 aliphatic heterocycles. The number of hydrogen-bond acceptors (Lipinski definition) is 3. The van der Waals surface area contributed by atoms with E-state index < -0.39 is 17.0 Å². The lowest BCUT2D eigenvalue weighted by molar-refractivity contribution is 0.212. The Morgan fingerprint density at radius 3 is 2.24 bits per heavy atom. The first-order chi connectivity index (χ1) is 20.4. The third kappa shape index (κ3) is 5.64. The molecule has 0 radical (unpaired) electrons. The Labute approximate surface area is 244 Å². The van der Waals surface area contributed by atoms with Gasteiger partial charge < -0.3 is 4.74 Å². The van der Waals surface area contributed by atoms with E-state index in [4.69, 9.17) is 4.74 Å². The van der Waals surface area contributed by atoms with Crippen LogP contribution in [-0.4, -0.2) is 25.2 Å². The second-order valence-corrected chi connectivity index (χ2v) is 10.9. The van der Waals surface area contributed by atoms with Crippen LogP contribution in [0.2, 0.25) is 0 Å². The molecule has 208 valence electrons. The number of benzene rings is 5. The molecule has 0 saturated carbocycles. The average Bonchev–Trinajstić information content (AvgIpc) is 3.51. The molecule has 0 saturated heterocycles. The van der Waals surface area contributed by atoms with Gasteiger partial charge in [0.25, 0.3) is 0 Å². The maximum Gasteiger partial charge on any atom is 0.129 e. The van der Waals surface area contributed by atoms with E-state index in [1.807, 2.05) is 37.3 Å². The van der Waals surface area contributed by atoms with Crippen LogP contribution in [0.5, 0.6) is 5.75 Å². The predicted octanol–water partition coefficient (Wildman–Crippen LogP) is 9.21. The molecule has 1 heterocycles. The molecule has 0 bridgehead atoms. The van der Waals surface area contributed by atoms with Crippen LogP contribution in [0.4, 0.5) is 8.78 Å². The minimum Gasteiger partial charge on any atom is -0.493 e. The number of hydrogen-bond donors (Lipinski definition) is 0. The van der Waals surface area contributed by atoms with Crippen molar-refractivity contribution in [1.29, 1.82) is 0 Å². The molecule has 0 N–H and O–H groups in total. The van der Waals surface area contributed by atoms with Gasteiger partial charge in [-0.1, -0.05) is 92.4 Å². The standard InChI is InChI=1S/C37H30F2N2O/c1-25(11-17-34-32-9-5-3-7-27(32)19-28-8-4-6-10-33(28)34)26-12-15-31(16-13-26)42-23-37(2,21-30-22-40-24-41-30)35-18-14-29(38)20-36(35)39/h3-20,22,24,30H,1,21,23H2,2H3/b17-11+. The van der Waals surface area contributed by atoms with Crippen molar-refractivity contribution in [3.8, 4) is 5.75 Å². The second-order valence-electron chi connectivity index (χ2n) is 10.9. The fraction of sp³-hybridized carbons (Fsp3) is 0.135. The summed E-state index contributed by atoms with van der Waals surface area (Å²) < 4.78 is 34.7. The Balaban J connectivity index is 1.20. The highest BCUT2D eigenvalue weighted by Crippen LogP contribution is 2.34. The summed E-state index contributed by atoms with van der Waals surface area (Å²) in [5, 5.41) is 4.78. The lowest BCUT2D eigenvalue weighted by Crippen LogP contribution is -2.35. The molecule has 1 aliphatic rings. The van der Waals surface area contributed by atoms with E-state index in [1.165, 1.54) is 40.0 Å². The number of nitrogens with zero attached hydrogens (tertiary/aromatic N) is 2. The Kier molecular flexibility index (Phi) is 7.49. The van der Waals surface area contributed by atoms with Crippen molar-refractivity contribution in [2.75, 3.05) is 6.61 Å².